The quantitative estimate of drug-likeness (QED) is 0.0620. The number of carbonyl (C=O) groups is 4. The van der Waals surface area contributed by atoms with Crippen molar-refractivity contribution in [3.05, 3.63) is 71.8 Å². The van der Waals surface area contributed by atoms with Gasteiger partial charge in [-0.15, -0.1) is 0 Å². The number of hydrogen-bond donors (Lipinski definition) is 1. The lowest BCUT2D eigenvalue weighted by Gasteiger charge is -2.25. The predicted molar refractivity (Wildman–Crippen MR) is 195 cm³/mol. The van der Waals surface area contributed by atoms with E-state index in [0.29, 0.717) is 6.42 Å². The van der Waals surface area contributed by atoms with Gasteiger partial charge in [-0.3, -0.25) is 9.59 Å². The molecule has 0 aliphatic carbocycles. The number of nitrogens with one attached hydrogen (secondary N) is 1. The van der Waals surface area contributed by atoms with Gasteiger partial charge in [0.05, 0.1) is 6.42 Å². The molecule has 278 valence electrons. The van der Waals surface area contributed by atoms with Gasteiger partial charge in [0.2, 0.25) is 0 Å². The molecule has 0 radical (unpaired) electrons. The Morgan fingerprint density at radius 1 is 0.640 bits per heavy atom. The fourth-order valence-corrected chi connectivity index (χ4v) is 5.43. The maximum Gasteiger partial charge on any atom is 0.408 e. The Labute approximate surface area is 300 Å². The number of benzene rings is 2. The lowest BCUT2D eigenvalue weighted by molar-refractivity contribution is -0.158. The highest BCUT2D eigenvalue weighted by atomic mass is 16.6. The van der Waals surface area contributed by atoms with Crippen molar-refractivity contribution in [1.29, 1.82) is 0 Å². The highest BCUT2D eigenvalue weighted by molar-refractivity contribution is 5.82. The summed E-state index contributed by atoms with van der Waals surface area (Å²) in [5.74, 6) is -1.56. The van der Waals surface area contributed by atoms with Crippen LogP contribution >= 0.6 is 0 Å². The standard InChI is InChI=1S/C41H61NO8/c1-5-6-7-8-9-10-11-12-13-14-21-27-35(30-38(44)48-32-34-25-19-16-20-26-34)49-39(45)36(42-40(46)50-41(2,3)4)28-22-29-37(43)47-31-33-23-17-15-18-24-33/h15-20,23-26,35-36H,5-14,21-22,27-32H2,1-4H3,(H,42,46)/t35-,36-/m0/s1. The van der Waals surface area contributed by atoms with E-state index >= 15 is 0 Å². The van der Waals surface area contributed by atoms with E-state index in [0.717, 1.165) is 36.8 Å². The average Bonchev–Trinajstić information content (AvgIpc) is 3.08. The monoisotopic (exact) mass is 695 g/mol. The van der Waals surface area contributed by atoms with Gasteiger partial charge in [0.15, 0.2) is 0 Å². The van der Waals surface area contributed by atoms with Crippen LogP contribution in [0.3, 0.4) is 0 Å². The molecular weight excluding hydrogens is 634 g/mol. The number of amides is 1. The van der Waals surface area contributed by atoms with Crippen molar-refractivity contribution in [1.82, 2.24) is 5.32 Å². The smallest absolute Gasteiger partial charge is 0.408 e. The third kappa shape index (κ3) is 21.3. The van der Waals surface area contributed by atoms with E-state index in [1.54, 1.807) is 20.8 Å². The molecule has 50 heavy (non-hydrogen) atoms. The number of unbranched alkanes of at least 4 members (excludes halogenated alkanes) is 10. The maximum atomic E-state index is 13.5. The van der Waals surface area contributed by atoms with Crippen LogP contribution in [0.1, 0.15) is 142 Å². The summed E-state index contributed by atoms with van der Waals surface area (Å²) in [6.07, 6.45) is 12.3. The third-order valence-electron chi connectivity index (χ3n) is 8.14. The third-order valence-corrected chi connectivity index (χ3v) is 8.14. The van der Waals surface area contributed by atoms with Crippen LogP contribution in [0.15, 0.2) is 60.7 Å². The Morgan fingerprint density at radius 3 is 1.66 bits per heavy atom. The normalized spacial score (nSPS) is 12.4. The minimum atomic E-state index is -1.08. The molecule has 2 aromatic carbocycles. The van der Waals surface area contributed by atoms with E-state index in [-0.39, 0.29) is 38.9 Å². The van der Waals surface area contributed by atoms with Gasteiger partial charge in [0, 0.05) is 6.42 Å². The van der Waals surface area contributed by atoms with Gasteiger partial charge in [-0.2, -0.15) is 0 Å². The van der Waals surface area contributed by atoms with Gasteiger partial charge < -0.3 is 24.3 Å². The number of ether oxygens (including phenoxy) is 4. The van der Waals surface area contributed by atoms with E-state index < -0.39 is 41.7 Å². The van der Waals surface area contributed by atoms with Crippen LogP contribution in [-0.4, -0.2) is 41.7 Å². The molecule has 2 atom stereocenters. The molecule has 0 bridgehead atoms. The first-order valence-corrected chi connectivity index (χ1v) is 18.6. The molecule has 0 saturated heterocycles. The maximum absolute atomic E-state index is 13.5. The lowest BCUT2D eigenvalue weighted by atomic mass is 10.0. The molecule has 0 unspecified atom stereocenters. The summed E-state index contributed by atoms with van der Waals surface area (Å²) in [6.45, 7) is 7.70. The summed E-state index contributed by atoms with van der Waals surface area (Å²) in [5.41, 5.74) is 0.962. The van der Waals surface area contributed by atoms with Crippen molar-refractivity contribution in [2.75, 3.05) is 0 Å². The van der Waals surface area contributed by atoms with Crippen molar-refractivity contribution in [2.24, 2.45) is 0 Å². The molecule has 0 spiro atoms. The fourth-order valence-electron chi connectivity index (χ4n) is 5.43. The molecule has 0 aromatic heterocycles. The highest BCUT2D eigenvalue weighted by Gasteiger charge is 2.29. The molecule has 0 aliphatic heterocycles. The van der Waals surface area contributed by atoms with Crippen LogP contribution in [0.25, 0.3) is 0 Å². The van der Waals surface area contributed by atoms with Crippen molar-refractivity contribution in [3.8, 4) is 0 Å². The number of carbonyl (C=O) groups excluding carboxylic acids is 4. The van der Waals surface area contributed by atoms with Crippen LogP contribution < -0.4 is 5.32 Å². The van der Waals surface area contributed by atoms with Gasteiger partial charge in [0.1, 0.15) is 31.0 Å². The van der Waals surface area contributed by atoms with Crippen molar-refractivity contribution >= 4 is 24.0 Å². The minimum Gasteiger partial charge on any atom is -0.461 e. The molecule has 2 aromatic rings. The van der Waals surface area contributed by atoms with Crippen LogP contribution in [0.4, 0.5) is 4.79 Å². The van der Waals surface area contributed by atoms with Gasteiger partial charge in [-0.05, 0) is 57.6 Å². The SMILES string of the molecule is CCCCCCCCCCCCC[C@@H](CC(=O)OCc1ccccc1)OC(=O)[C@H](CCCC(=O)OCc1ccccc1)NC(=O)OC(C)(C)C. The zero-order valence-corrected chi connectivity index (χ0v) is 30.9. The molecular formula is C41H61NO8. The molecule has 1 amide bonds. The molecule has 9 heteroatoms. The summed E-state index contributed by atoms with van der Waals surface area (Å²) in [4.78, 5) is 51.5. The summed E-state index contributed by atoms with van der Waals surface area (Å²) in [5, 5.41) is 2.62. The van der Waals surface area contributed by atoms with Crippen LogP contribution in [0, 0.1) is 0 Å². The minimum absolute atomic E-state index is 0.0561. The molecule has 0 saturated carbocycles. The van der Waals surface area contributed by atoms with Gasteiger partial charge in [-0.25, -0.2) is 9.59 Å². The second kappa shape index (κ2) is 25.1. The Hall–Kier alpha value is -3.88. The molecule has 0 fully saturated rings. The van der Waals surface area contributed by atoms with Gasteiger partial charge in [-0.1, -0.05) is 132 Å². The van der Waals surface area contributed by atoms with E-state index in [9.17, 15) is 19.2 Å². The molecule has 9 nitrogen and oxygen atoms in total. The lowest BCUT2D eigenvalue weighted by Crippen LogP contribution is -2.45. The number of esters is 3. The number of alkyl carbamates (subject to hydrolysis) is 1. The molecule has 2 rings (SSSR count). The highest BCUT2D eigenvalue weighted by Crippen LogP contribution is 2.18. The Bertz CT molecular complexity index is 1230. The second-order valence-electron chi connectivity index (χ2n) is 14.0. The van der Waals surface area contributed by atoms with Crippen LogP contribution in [-0.2, 0) is 46.5 Å². The Balaban J connectivity index is 1.96. The van der Waals surface area contributed by atoms with Crippen LogP contribution in [0.5, 0.6) is 0 Å². The molecule has 1 N–H and O–H groups in total. The fraction of sp³-hybridized carbons (Fsp3) is 0.610. The topological polar surface area (TPSA) is 117 Å². The predicted octanol–water partition coefficient (Wildman–Crippen LogP) is 9.54. The average molecular weight is 696 g/mol. The number of rotatable bonds is 25. The first kappa shape index (κ1) is 42.3. The largest absolute Gasteiger partial charge is 0.461 e. The zero-order chi connectivity index (χ0) is 36.5. The van der Waals surface area contributed by atoms with E-state index in [1.807, 2.05) is 60.7 Å². The second-order valence-corrected chi connectivity index (χ2v) is 14.0. The van der Waals surface area contributed by atoms with E-state index in [1.165, 1.54) is 44.9 Å². The Kier molecular flexibility index (Phi) is 21.3. The van der Waals surface area contributed by atoms with Crippen molar-refractivity contribution < 1.29 is 38.1 Å². The zero-order valence-electron chi connectivity index (χ0n) is 30.9. The molecule has 0 aliphatic rings. The van der Waals surface area contributed by atoms with E-state index in [4.69, 9.17) is 18.9 Å². The summed E-state index contributed by atoms with van der Waals surface area (Å²) in [7, 11) is 0. The molecule has 0 heterocycles. The van der Waals surface area contributed by atoms with Gasteiger partial charge in [0.25, 0.3) is 0 Å². The summed E-state index contributed by atoms with van der Waals surface area (Å²) < 4.78 is 22.2. The van der Waals surface area contributed by atoms with E-state index in [2.05, 4.69) is 12.2 Å². The van der Waals surface area contributed by atoms with Gasteiger partial charge >= 0.3 is 24.0 Å². The van der Waals surface area contributed by atoms with Crippen LogP contribution in [0.2, 0.25) is 0 Å². The first-order chi connectivity index (χ1) is 24.1. The van der Waals surface area contributed by atoms with Crippen molar-refractivity contribution in [3.63, 3.8) is 0 Å². The summed E-state index contributed by atoms with van der Waals surface area (Å²) >= 11 is 0. The Morgan fingerprint density at radius 2 is 1.14 bits per heavy atom. The van der Waals surface area contributed by atoms with Crippen molar-refractivity contribution in [2.45, 2.75) is 161 Å². The number of hydrogen-bond acceptors (Lipinski definition) is 8. The first-order valence-electron chi connectivity index (χ1n) is 18.6. The summed E-state index contributed by atoms with van der Waals surface area (Å²) in [6, 6.07) is 17.7.